The third-order valence-corrected chi connectivity index (χ3v) is 6.06. The van der Waals surface area contributed by atoms with E-state index in [0.29, 0.717) is 41.5 Å². The maximum absolute atomic E-state index is 13.4. The van der Waals surface area contributed by atoms with Gasteiger partial charge in [0.2, 0.25) is 0 Å². The number of rotatable bonds is 6. The van der Waals surface area contributed by atoms with Crippen molar-refractivity contribution in [2.45, 2.75) is 25.6 Å². The Balaban J connectivity index is 1.46. The van der Waals surface area contributed by atoms with E-state index in [4.69, 9.17) is 4.98 Å². The van der Waals surface area contributed by atoms with E-state index in [-0.39, 0.29) is 19.7 Å². The van der Waals surface area contributed by atoms with Gasteiger partial charge in [0.25, 0.3) is 0 Å². The number of halogens is 3. The fourth-order valence-electron chi connectivity index (χ4n) is 4.24. The van der Waals surface area contributed by atoms with Crippen LogP contribution in [0.25, 0.3) is 16.9 Å². The van der Waals surface area contributed by atoms with Gasteiger partial charge in [-0.2, -0.15) is 18.3 Å². The minimum absolute atomic E-state index is 0.127. The van der Waals surface area contributed by atoms with Crippen molar-refractivity contribution in [2.24, 2.45) is 0 Å². The third kappa shape index (κ3) is 4.95. The van der Waals surface area contributed by atoms with Gasteiger partial charge >= 0.3 is 6.18 Å². The van der Waals surface area contributed by atoms with Gasteiger partial charge < -0.3 is 20.6 Å². The molecule has 1 atom stereocenters. The highest BCUT2D eigenvalue weighted by molar-refractivity contribution is 5.82. The van der Waals surface area contributed by atoms with Gasteiger partial charge in [-0.3, -0.25) is 4.57 Å². The third-order valence-electron chi connectivity index (χ3n) is 6.06. The van der Waals surface area contributed by atoms with Crippen LogP contribution in [-0.4, -0.2) is 68.3 Å². The van der Waals surface area contributed by atoms with Gasteiger partial charge in [0, 0.05) is 31.9 Å². The Kier molecular flexibility index (Phi) is 6.46. The predicted molar refractivity (Wildman–Crippen MR) is 130 cm³/mol. The molecule has 0 radical (unpaired) electrons. The van der Waals surface area contributed by atoms with Gasteiger partial charge in [0.1, 0.15) is 24.0 Å². The first-order chi connectivity index (χ1) is 17.3. The van der Waals surface area contributed by atoms with Crippen LogP contribution in [0.15, 0.2) is 48.8 Å². The van der Waals surface area contributed by atoms with Gasteiger partial charge in [0.15, 0.2) is 5.82 Å². The summed E-state index contributed by atoms with van der Waals surface area (Å²) in [4.78, 5) is 10.9. The molecule has 3 aromatic heterocycles. The minimum atomic E-state index is -4.36. The van der Waals surface area contributed by atoms with Crippen molar-refractivity contribution in [1.82, 2.24) is 30.0 Å². The van der Waals surface area contributed by atoms with E-state index in [0.717, 1.165) is 16.9 Å². The first-order valence-corrected chi connectivity index (χ1v) is 11.5. The van der Waals surface area contributed by atoms with Crippen LogP contribution in [0.3, 0.4) is 0 Å². The molecule has 0 saturated carbocycles. The number of aliphatic hydroxyl groups is 1. The zero-order chi connectivity index (χ0) is 25.3. The molecule has 188 valence electrons. The van der Waals surface area contributed by atoms with Gasteiger partial charge in [-0.15, -0.1) is 5.10 Å². The lowest BCUT2D eigenvalue weighted by atomic mass is 10.1. The number of pyridine rings is 1. The summed E-state index contributed by atoms with van der Waals surface area (Å²) in [6.45, 7) is 2.05. The molecule has 1 aliphatic heterocycles. The maximum Gasteiger partial charge on any atom is 0.405 e. The molecule has 0 spiro atoms. The Hall–Kier alpha value is -3.77. The summed E-state index contributed by atoms with van der Waals surface area (Å²) >= 11 is 0. The summed E-state index contributed by atoms with van der Waals surface area (Å²) in [6, 6.07) is 11.3. The van der Waals surface area contributed by atoms with E-state index in [1.807, 2.05) is 37.3 Å². The quantitative estimate of drug-likeness (QED) is 0.373. The lowest BCUT2D eigenvalue weighted by Gasteiger charge is -2.36. The lowest BCUT2D eigenvalue weighted by Crippen LogP contribution is -2.57. The zero-order valence-corrected chi connectivity index (χ0v) is 19.5. The maximum atomic E-state index is 13.4. The molecule has 0 bridgehead atoms. The number of imidazole rings is 1. The number of hydrogen-bond donors (Lipinski definition) is 3. The van der Waals surface area contributed by atoms with Gasteiger partial charge in [-0.25, -0.2) is 9.97 Å². The number of aromatic nitrogens is 5. The van der Waals surface area contributed by atoms with Crippen LogP contribution >= 0.6 is 0 Å². The Labute approximate surface area is 205 Å². The molecular weight excluding hydrogens is 473 g/mol. The molecule has 1 fully saturated rings. The highest BCUT2D eigenvalue weighted by Gasteiger charge is 2.42. The van der Waals surface area contributed by atoms with Crippen molar-refractivity contribution in [1.29, 1.82) is 0 Å². The summed E-state index contributed by atoms with van der Waals surface area (Å²) in [6.07, 6.45) is -2.43. The molecule has 0 aliphatic carbocycles. The number of nitrogens with one attached hydrogen (secondary N) is 2. The van der Waals surface area contributed by atoms with Crippen molar-refractivity contribution in [3.8, 4) is 5.82 Å². The van der Waals surface area contributed by atoms with Crippen LogP contribution < -0.4 is 15.5 Å². The number of aliphatic hydroxyl groups excluding tert-OH is 1. The van der Waals surface area contributed by atoms with E-state index < -0.39 is 12.2 Å². The fourth-order valence-corrected chi connectivity index (χ4v) is 4.24. The first-order valence-electron chi connectivity index (χ1n) is 11.5. The average Bonchev–Trinajstić information content (AvgIpc) is 3.29. The number of fused-ring (bicyclic) bond motifs is 1. The highest BCUT2D eigenvalue weighted by atomic mass is 19.4. The van der Waals surface area contributed by atoms with E-state index >= 15 is 0 Å². The van der Waals surface area contributed by atoms with Gasteiger partial charge in [-0.05, 0) is 55.3 Å². The Morgan fingerprint density at radius 2 is 2.00 bits per heavy atom. The largest absolute Gasteiger partial charge is 0.405 e. The normalized spacial score (nSPS) is 16.5. The minimum Gasteiger partial charge on any atom is -0.396 e. The number of benzene rings is 1. The highest BCUT2D eigenvalue weighted by Crippen LogP contribution is 2.29. The molecular formula is C24H25F3N8O. The zero-order valence-electron chi connectivity index (χ0n) is 19.5. The van der Waals surface area contributed by atoms with E-state index in [1.165, 1.54) is 0 Å². The molecule has 12 heteroatoms. The summed E-state index contributed by atoms with van der Waals surface area (Å²) in [5.74, 6) is 1.58. The molecule has 3 N–H and O–H groups in total. The Morgan fingerprint density at radius 1 is 1.14 bits per heavy atom. The van der Waals surface area contributed by atoms with Crippen LogP contribution in [-0.2, 0) is 6.42 Å². The topological polar surface area (TPSA) is 104 Å². The molecule has 9 nitrogen and oxygen atoms in total. The van der Waals surface area contributed by atoms with Crippen LogP contribution in [0.4, 0.5) is 30.5 Å². The lowest BCUT2D eigenvalue weighted by molar-refractivity contribution is -0.155. The summed E-state index contributed by atoms with van der Waals surface area (Å²) < 4.78 is 41.9. The summed E-state index contributed by atoms with van der Waals surface area (Å²) in [5.41, 5.74) is 3.80. The predicted octanol–water partition coefficient (Wildman–Crippen LogP) is 3.14. The van der Waals surface area contributed by atoms with Crippen LogP contribution in [0.1, 0.15) is 11.3 Å². The average molecular weight is 499 g/mol. The van der Waals surface area contributed by atoms with E-state index in [1.54, 1.807) is 27.9 Å². The monoisotopic (exact) mass is 498 g/mol. The van der Waals surface area contributed by atoms with E-state index in [9.17, 15) is 18.3 Å². The molecule has 1 aromatic carbocycles. The van der Waals surface area contributed by atoms with Crippen molar-refractivity contribution in [2.75, 3.05) is 36.5 Å². The number of nitrogens with zero attached hydrogens (tertiary/aromatic N) is 6. The second-order valence-electron chi connectivity index (χ2n) is 8.62. The smallest absolute Gasteiger partial charge is 0.396 e. The molecule has 0 unspecified atom stereocenters. The van der Waals surface area contributed by atoms with Gasteiger partial charge in [0.05, 0.1) is 16.7 Å². The molecule has 36 heavy (non-hydrogen) atoms. The van der Waals surface area contributed by atoms with Gasteiger partial charge in [-0.1, -0.05) is 6.07 Å². The fraction of sp³-hybridized carbons (Fsp3) is 0.333. The molecule has 1 aliphatic rings. The molecule has 1 saturated heterocycles. The first kappa shape index (κ1) is 23.9. The van der Waals surface area contributed by atoms with Crippen LogP contribution in [0.5, 0.6) is 0 Å². The van der Waals surface area contributed by atoms with Crippen molar-refractivity contribution in [3.63, 3.8) is 0 Å². The molecule has 0 amide bonds. The number of piperazine rings is 1. The number of hydrogen-bond acceptors (Lipinski definition) is 8. The second kappa shape index (κ2) is 9.70. The number of alkyl halides is 3. The summed E-state index contributed by atoms with van der Waals surface area (Å²) in [5, 5.41) is 23.4. The summed E-state index contributed by atoms with van der Waals surface area (Å²) in [7, 11) is 0. The van der Waals surface area contributed by atoms with Crippen LogP contribution in [0.2, 0.25) is 0 Å². The Bertz CT molecular complexity index is 1360. The second-order valence-corrected chi connectivity index (χ2v) is 8.62. The Morgan fingerprint density at radius 3 is 2.75 bits per heavy atom. The molecule has 5 rings (SSSR count). The van der Waals surface area contributed by atoms with Crippen molar-refractivity contribution >= 4 is 28.4 Å². The van der Waals surface area contributed by atoms with E-state index in [2.05, 4.69) is 25.8 Å². The van der Waals surface area contributed by atoms with Crippen molar-refractivity contribution in [3.05, 3.63) is 60.0 Å². The number of aryl methyl sites for hydroxylation is 1. The van der Waals surface area contributed by atoms with Crippen molar-refractivity contribution < 1.29 is 18.3 Å². The SMILES string of the molecule is Cc1ccc(Nc2ccc3c(c2)ncn3-c2ccc(CCO)c(N3CCN[C@@H](C(F)(F)F)C3)n2)nn1. The molecule has 4 heterocycles. The number of anilines is 3. The standard InChI is InChI=1S/C24H25F3N8O/c1-15-2-6-21(33-32-15)30-17-4-5-19-18(12-17)29-14-35(19)22-7-3-16(8-11-36)23(31-22)34-10-9-28-20(13-34)24(25,26)27/h2-7,12,14,20,28,36H,8-11,13H2,1H3,(H,30,33)/t20-/m1/s1. The van der Waals surface area contributed by atoms with Crippen LogP contribution in [0, 0.1) is 6.92 Å². The molecule has 4 aromatic rings.